The van der Waals surface area contributed by atoms with Crippen LogP contribution in [-0.2, 0) is 16.1 Å². The Bertz CT molecular complexity index is 720. The lowest BCUT2D eigenvalue weighted by molar-refractivity contribution is -0.142. The minimum absolute atomic E-state index is 0.176. The molecular weight excluding hydrogens is 294 g/mol. The summed E-state index contributed by atoms with van der Waals surface area (Å²) in [7, 11) is 1.62. The van der Waals surface area contributed by atoms with Crippen molar-refractivity contribution >= 4 is 5.97 Å². The van der Waals surface area contributed by atoms with Crippen LogP contribution >= 0.6 is 0 Å². The SMILES string of the molecule is C=C(Cn1cnc(-c2cc(C)cc(OC)c2)n1)C(=O)OC(C)C. The number of aromatic nitrogens is 3. The van der Waals surface area contributed by atoms with Gasteiger partial charge in [-0.1, -0.05) is 6.58 Å². The molecule has 0 saturated heterocycles. The summed E-state index contributed by atoms with van der Waals surface area (Å²) in [6.07, 6.45) is 1.39. The number of benzene rings is 1. The highest BCUT2D eigenvalue weighted by atomic mass is 16.5. The zero-order valence-corrected chi connectivity index (χ0v) is 13.9. The standard InChI is InChI=1S/C17H21N3O3/c1-11(2)23-17(21)13(4)9-20-10-18-16(19-20)14-6-12(3)7-15(8-14)22-5/h6-8,10-11H,4,9H2,1-3,5H3. The number of aryl methyl sites for hydroxylation is 1. The molecule has 0 aliphatic heterocycles. The Labute approximate surface area is 135 Å². The second-order valence-corrected chi connectivity index (χ2v) is 5.56. The zero-order chi connectivity index (χ0) is 17.0. The van der Waals surface area contributed by atoms with Gasteiger partial charge in [-0.2, -0.15) is 5.10 Å². The summed E-state index contributed by atoms with van der Waals surface area (Å²) < 4.78 is 11.9. The molecule has 1 heterocycles. The highest BCUT2D eigenvalue weighted by Crippen LogP contribution is 2.23. The largest absolute Gasteiger partial charge is 0.497 e. The van der Waals surface area contributed by atoms with Gasteiger partial charge in [0.05, 0.1) is 25.3 Å². The third-order valence-corrected chi connectivity index (χ3v) is 3.07. The maximum atomic E-state index is 11.8. The Morgan fingerprint density at radius 2 is 2.09 bits per heavy atom. The van der Waals surface area contributed by atoms with Crippen molar-refractivity contribution in [2.24, 2.45) is 0 Å². The van der Waals surface area contributed by atoms with E-state index in [-0.39, 0.29) is 12.6 Å². The van der Waals surface area contributed by atoms with Crippen molar-refractivity contribution in [3.05, 3.63) is 42.2 Å². The summed E-state index contributed by atoms with van der Waals surface area (Å²) in [6.45, 7) is 9.55. The molecule has 2 aromatic rings. The van der Waals surface area contributed by atoms with Crippen molar-refractivity contribution in [2.75, 3.05) is 7.11 Å². The normalized spacial score (nSPS) is 10.7. The number of nitrogens with zero attached hydrogens (tertiary/aromatic N) is 3. The van der Waals surface area contributed by atoms with Crippen molar-refractivity contribution < 1.29 is 14.3 Å². The second kappa shape index (κ2) is 7.09. The van der Waals surface area contributed by atoms with Gasteiger partial charge in [0.1, 0.15) is 12.1 Å². The molecule has 122 valence electrons. The third-order valence-electron chi connectivity index (χ3n) is 3.07. The van der Waals surface area contributed by atoms with E-state index >= 15 is 0 Å². The molecule has 0 fully saturated rings. The molecule has 0 N–H and O–H groups in total. The van der Waals surface area contributed by atoms with Crippen molar-refractivity contribution in [1.82, 2.24) is 14.8 Å². The first-order valence-electron chi connectivity index (χ1n) is 7.33. The molecule has 1 aromatic heterocycles. The van der Waals surface area contributed by atoms with E-state index in [1.807, 2.05) is 25.1 Å². The minimum atomic E-state index is -0.422. The Morgan fingerprint density at radius 1 is 1.35 bits per heavy atom. The Balaban J connectivity index is 2.13. The minimum Gasteiger partial charge on any atom is -0.497 e. The van der Waals surface area contributed by atoms with Crippen LogP contribution in [0.25, 0.3) is 11.4 Å². The molecule has 2 rings (SSSR count). The van der Waals surface area contributed by atoms with Crippen molar-refractivity contribution in [1.29, 1.82) is 0 Å². The van der Waals surface area contributed by atoms with E-state index in [1.165, 1.54) is 0 Å². The first-order chi connectivity index (χ1) is 10.9. The van der Waals surface area contributed by atoms with Gasteiger partial charge >= 0.3 is 5.97 Å². The van der Waals surface area contributed by atoms with Crippen LogP contribution in [0.15, 0.2) is 36.7 Å². The zero-order valence-electron chi connectivity index (χ0n) is 13.9. The van der Waals surface area contributed by atoms with Crippen LogP contribution in [0.3, 0.4) is 0 Å². The first kappa shape index (κ1) is 16.7. The third kappa shape index (κ3) is 4.42. The highest BCUT2D eigenvalue weighted by molar-refractivity contribution is 5.87. The van der Waals surface area contributed by atoms with E-state index in [0.29, 0.717) is 11.4 Å². The van der Waals surface area contributed by atoms with Crippen molar-refractivity contribution in [2.45, 2.75) is 33.4 Å². The molecule has 6 nitrogen and oxygen atoms in total. The molecule has 1 aromatic carbocycles. The van der Waals surface area contributed by atoms with Gasteiger partial charge in [-0.15, -0.1) is 0 Å². The molecule has 23 heavy (non-hydrogen) atoms. The van der Waals surface area contributed by atoms with Crippen LogP contribution in [-0.4, -0.2) is 33.9 Å². The van der Waals surface area contributed by atoms with Crippen molar-refractivity contribution in [3.63, 3.8) is 0 Å². The number of carbonyl (C=O) groups excluding carboxylic acids is 1. The number of methoxy groups -OCH3 is 1. The molecule has 0 bridgehead atoms. The average molecular weight is 315 g/mol. The fraction of sp³-hybridized carbons (Fsp3) is 0.353. The first-order valence-corrected chi connectivity index (χ1v) is 7.33. The van der Waals surface area contributed by atoms with Gasteiger partial charge in [0.25, 0.3) is 0 Å². The predicted octanol–water partition coefficient (Wildman–Crippen LogP) is 2.77. The van der Waals surface area contributed by atoms with E-state index < -0.39 is 5.97 Å². The van der Waals surface area contributed by atoms with Gasteiger partial charge < -0.3 is 9.47 Å². The monoisotopic (exact) mass is 315 g/mol. The van der Waals surface area contributed by atoms with Gasteiger partial charge in [0.15, 0.2) is 5.82 Å². The fourth-order valence-corrected chi connectivity index (χ4v) is 2.06. The maximum Gasteiger partial charge on any atom is 0.335 e. The van der Waals surface area contributed by atoms with Gasteiger partial charge in [0, 0.05) is 5.56 Å². The Hall–Kier alpha value is -2.63. The summed E-state index contributed by atoms with van der Waals surface area (Å²) in [4.78, 5) is 16.0. The Morgan fingerprint density at radius 3 is 2.74 bits per heavy atom. The summed E-state index contributed by atoms with van der Waals surface area (Å²) in [5.41, 5.74) is 2.24. The van der Waals surface area contributed by atoms with Crippen LogP contribution in [0.1, 0.15) is 19.4 Å². The van der Waals surface area contributed by atoms with Gasteiger partial charge in [-0.3, -0.25) is 0 Å². The van der Waals surface area contributed by atoms with Crippen molar-refractivity contribution in [3.8, 4) is 17.1 Å². The molecule has 0 saturated carbocycles. The molecule has 6 heteroatoms. The number of carbonyl (C=O) groups is 1. The number of ether oxygens (including phenoxy) is 2. The molecule has 0 radical (unpaired) electrons. The van der Waals surface area contributed by atoms with Gasteiger partial charge in [0.2, 0.25) is 0 Å². The number of esters is 1. The van der Waals surface area contributed by atoms with E-state index in [0.717, 1.165) is 16.9 Å². The summed E-state index contributed by atoms with van der Waals surface area (Å²) in [5, 5.41) is 4.38. The summed E-state index contributed by atoms with van der Waals surface area (Å²) >= 11 is 0. The van der Waals surface area contributed by atoms with Crippen LogP contribution in [0.5, 0.6) is 5.75 Å². The Kier molecular flexibility index (Phi) is 5.16. The fourth-order valence-electron chi connectivity index (χ4n) is 2.06. The van der Waals surface area contributed by atoms with Crippen LogP contribution in [0.4, 0.5) is 0 Å². The quantitative estimate of drug-likeness (QED) is 0.606. The molecular formula is C17H21N3O3. The number of hydrogen-bond acceptors (Lipinski definition) is 5. The molecule has 0 spiro atoms. The van der Waals surface area contributed by atoms with Gasteiger partial charge in [-0.25, -0.2) is 14.5 Å². The van der Waals surface area contributed by atoms with Crippen LogP contribution in [0, 0.1) is 6.92 Å². The lowest BCUT2D eigenvalue weighted by Crippen LogP contribution is -2.16. The number of hydrogen-bond donors (Lipinski definition) is 0. The van der Waals surface area contributed by atoms with E-state index in [9.17, 15) is 4.79 Å². The highest BCUT2D eigenvalue weighted by Gasteiger charge is 2.13. The van der Waals surface area contributed by atoms with Crippen LogP contribution < -0.4 is 4.74 Å². The smallest absolute Gasteiger partial charge is 0.335 e. The van der Waals surface area contributed by atoms with E-state index in [4.69, 9.17) is 9.47 Å². The lowest BCUT2D eigenvalue weighted by atomic mass is 10.1. The molecule has 0 atom stereocenters. The molecule has 0 aliphatic carbocycles. The molecule has 0 unspecified atom stereocenters. The predicted molar refractivity (Wildman–Crippen MR) is 87.1 cm³/mol. The maximum absolute atomic E-state index is 11.8. The lowest BCUT2D eigenvalue weighted by Gasteiger charge is -2.09. The van der Waals surface area contributed by atoms with E-state index in [1.54, 1.807) is 32.0 Å². The molecule has 0 amide bonds. The van der Waals surface area contributed by atoms with Crippen LogP contribution in [0.2, 0.25) is 0 Å². The summed E-state index contributed by atoms with van der Waals surface area (Å²) in [6, 6.07) is 5.78. The van der Waals surface area contributed by atoms with E-state index in [2.05, 4.69) is 16.7 Å². The number of rotatable bonds is 6. The average Bonchev–Trinajstić information content (AvgIpc) is 2.94. The van der Waals surface area contributed by atoms with Gasteiger partial charge in [-0.05, 0) is 44.5 Å². The molecule has 0 aliphatic rings. The second-order valence-electron chi connectivity index (χ2n) is 5.56. The topological polar surface area (TPSA) is 66.2 Å². The summed E-state index contributed by atoms with van der Waals surface area (Å²) in [5.74, 6) is 0.896.